The summed E-state index contributed by atoms with van der Waals surface area (Å²) in [5.74, 6) is 0.969. The van der Waals surface area contributed by atoms with Crippen molar-refractivity contribution in [3.63, 3.8) is 0 Å². The van der Waals surface area contributed by atoms with E-state index in [2.05, 4.69) is 6.92 Å². The molecule has 2 rings (SSSR count). The number of hydrogen-bond acceptors (Lipinski definition) is 2. The smallest absolute Gasteiger partial charge is 0.308 e. The number of unbranched alkanes of at least 4 members (excludes halogenated alkanes) is 4. The zero-order chi connectivity index (χ0) is 17.9. The van der Waals surface area contributed by atoms with Crippen LogP contribution >= 0.6 is 11.6 Å². The van der Waals surface area contributed by atoms with E-state index in [0.717, 1.165) is 35.8 Å². The summed E-state index contributed by atoms with van der Waals surface area (Å²) in [4.78, 5) is 12.2. The van der Waals surface area contributed by atoms with Crippen LogP contribution in [0.2, 0.25) is 5.02 Å². The van der Waals surface area contributed by atoms with E-state index < -0.39 is 0 Å². The number of benzene rings is 1. The maximum atomic E-state index is 12.2. The first-order valence-electron chi connectivity index (χ1n) is 10.1. The molecule has 25 heavy (non-hydrogen) atoms. The number of hydrogen-bond donors (Lipinski definition) is 0. The first kappa shape index (κ1) is 20.3. The fourth-order valence-electron chi connectivity index (χ4n) is 3.76. The number of esters is 1. The lowest BCUT2D eigenvalue weighted by Gasteiger charge is -2.27. The summed E-state index contributed by atoms with van der Waals surface area (Å²) in [6.07, 6.45) is 13.3. The van der Waals surface area contributed by atoms with Crippen LogP contribution < -0.4 is 0 Å². The van der Waals surface area contributed by atoms with Gasteiger partial charge in [-0.3, -0.25) is 4.79 Å². The lowest BCUT2D eigenvalue weighted by Crippen LogP contribution is -2.24. The Morgan fingerprint density at radius 2 is 1.72 bits per heavy atom. The van der Waals surface area contributed by atoms with E-state index in [0.29, 0.717) is 6.61 Å². The average Bonchev–Trinajstić information content (AvgIpc) is 2.63. The van der Waals surface area contributed by atoms with E-state index >= 15 is 0 Å². The van der Waals surface area contributed by atoms with E-state index in [9.17, 15) is 4.79 Å². The highest BCUT2D eigenvalue weighted by atomic mass is 35.5. The summed E-state index contributed by atoms with van der Waals surface area (Å²) in [6, 6.07) is 7.73. The molecule has 0 spiro atoms. The Morgan fingerprint density at radius 1 is 1.04 bits per heavy atom. The second-order valence-electron chi connectivity index (χ2n) is 7.46. The van der Waals surface area contributed by atoms with Crippen molar-refractivity contribution in [2.24, 2.45) is 11.8 Å². The molecule has 1 aliphatic rings. The first-order valence-corrected chi connectivity index (χ1v) is 10.5. The van der Waals surface area contributed by atoms with Gasteiger partial charge in [0, 0.05) is 11.4 Å². The first-order chi connectivity index (χ1) is 12.2. The molecule has 0 unspecified atom stereocenters. The van der Waals surface area contributed by atoms with Crippen LogP contribution in [0, 0.1) is 11.8 Å². The maximum absolute atomic E-state index is 12.2. The van der Waals surface area contributed by atoms with E-state index in [4.69, 9.17) is 16.3 Å². The van der Waals surface area contributed by atoms with Crippen LogP contribution in [0.4, 0.5) is 0 Å². The number of carbonyl (C=O) groups is 1. The molecule has 1 aromatic rings. The Morgan fingerprint density at radius 3 is 2.40 bits per heavy atom. The highest BCUT2D eigenvalue weighted by Gasteiger charge is 2.27. The third kappa shape index (κ3) is 7.81. The zero-order valence-electron chi connectivity index (χ0n) is 15.6. The van der Waals surface area contributed by atoms with Gasteiger partial charge in [0.1, 0.15) is 0 Å². The Kier molecular flexibility index (Phi) is 9.39. The largest absolute Gasteiger partial charge is 0.465 e. The summed E-state index contributed by atoms with van der Waals surface area (Å²) in [5, 5.41) is 0.739. The number of rotatable bonds is 10. The Hall–Kier alpha value is -1.02. The van der Waals surface area contributed by atoms with Crippen LogP contribution in [0.15, 0.2) is 24.3 Å². The van der Waals surface area contributed by atoms with Crippen LogP contribution in [-0.4, -0.2) is 12.6 Å². The minimum atomic E-state index is 0.00959. The zero-order valence-corrected chi connectivity index (χ0v) is 16.4. The van der Waals surface area contributed by atoms with Gasteiger partial charge in [-0.15, -0.1) is 0 Å². The Balaban J connectivity index is 1.57. The molecular formula is C22H33ClO2. The normalized spacial score (nSPS) is 20.4. The highest BCUT2D eigenvalue weighted by Crippen LogP contribution is 2.32. The molecule has 1 fully saturated rings. The average molecular weight is 365 g/mol. The lowest BCUT2D eigenvalue weighted by molar-refractivity contribution is -0.149. The van der Waals surface area contributed by atoms with Gasteiger partial charge in [0.05, 0.1) is 12.5 Å². The van der Waals surface area contributed by atoms with Gasteiger partial charge in [0.2, 0.25) is 0 Å². The van der Waals surface area contributed by atoms with Crippen molar-refractivity contribution in [2.45, 2.75) is 77.6 Å². The van der Waals surface area contributed by atoms with Gasteiger partial charge in [-0.2, -0.15) is 0 Å². The Bertz CT molecular complexity index is 489. The van der Waals surface area contributed by atoms with Crippen LogP contribution in [0.1, 0.15) is 76.7 Å². The van der Waals surface area contributed by atoms with Crippen molar-refractivity contribution in [1.82, 2.24) is 0 Å². The van der Waals surface area contributed by atoms with Crippen LogP contribution in [0.3, 0.4) is 0 Å². The molecule has 0 amide bonds. The SMILES string of the molecule is CCCCCCC[C@H]1CC[C@H](C(=O)OCCc2ccc(Cl)cc2)CC1. The monoisotopic (exact) mass is 364 g/mol. The molecule has 1 aliphatic carbocycles. The van der Waals surface area contributed by atoms with Crippen LogP contribution in [0.25, 0.3) is 0 Å². The summed E-state index contributed by atoms with van der Waals surface area (Å²) < 4.78 is 5.50. The molecule has 1 aromatic carbocycles. The molecule has 3 heteroatoms. The van der Waals surface area contributed by atoms with Crippen molar-refractivity contribution in [3.8, 4) is 0 Å². The number of ether oxygens (including phenoxy) is 1. The maximum Gasteiger partial charge on any atom is 0.308 e. The van der Waals surface area contributed by atoms with E-state index in [1.807, 2.05) is 24.3 Å². The molecule has 0 radical (unpaired) electrons. The summed E-state index contributed by atoms with van der Waals surface area (Å²) in [5.41, 5.74) is 1.16. The number of carbonyl (C=O) groups excluding carboxylic acids is 1. The van der Waals surface area contributed by atoms with Gasteiger partial charge >= 0.3 is 5.97 Å². The Labute approximate surface area is 158 Å². The fraction of sp³-hybridized carbons (Fsp3) is 0.682. The third-order valence-corrected chi connectivity index (χ3v) is 5.70. The van der Waals surface area contributed by atoms with Crippen molar-refractivity contribution < 1.29 is 9.53 Å². The highest BCUT2D eigenvalue weighted by molar-refractivity contribution is 6.30. The predicted molar refractivity (Wildman–Crippen MR) is 105 cm³/mol. The minimum Gasteiger partial charge on any atom is -0.465 e. The molecular weight excluding hydrogens is 332 g/mol. The van der Waals surface area contributed by atoms with Crippen molar-refractivity contribution >= 4 is 17.6 Å². The van der Waals surface area contributed by atoms with Gasteiger partial charge in [-0.05, 0) is 49.3 Å². The fourth-order valence-corrected chi connectivity index (χ4v) is 3.89. The molecule has 0 heterocycles. The van der Waals surface area contributed by atoms with Gasteiger partial charge in [-0.25, -0.2) is 0 Å². The second-order valence-corrected chi connectivity index (χ2v) is 7.90. The van der Waals surface area contributed by atoms with Crippen molar-refractivity contribution in [1.29, 1.82) is 0 Å². The van der Waals surface area contributed by atoms with Gasteiger partial charge < -0.3 is 4.74 Å². The van der Waals surface area contributed by atoms with Crippen LogP contribution in [0.5, 0.6) is 0 Å². The summed E-state index contributed by atoms with van der Waals surface area (Å²) in [6.45, 7) is 2.73. The topological polar surface area (TPSA) is 26.3 Å². The minimum absolute atomic E-state index is 0.00959. The van der Waals surface area contributed by atoms with Gasteiger partial charge in [0.15, 0.2) is 0 Å². The molecule has 0 saturated heterocycles. The number of halogens is 1. The van der Waals surface area contributed by atoms with E-state index in [-0.39, 0.29) is 11.9 Å². The molecule has 0 atom stereocenters. The van der Waals surface area contributed by atoms with Gasteiger partial charge in [0.25, 0.3) is 0 Å². The van der Waals surface area contributed by atoms with Crippen molar-refractivity contribution in [2.75, 3.05) is 6.61 Å². The van der Waals surface area contributed by atoms with E-state index in [1.165, 1.54) is 51.4 Å². The van der Waals surface area contributed by atoms with E-state index in [1.54, 1.807) is 0 Å². The standard InChI is InChI=1S/C22H33ClO2/c1-2-3-4-5-6-7-18-8-12-20(13-9-18)22(24)25-17-16-19-10-14-21(23)15-11-19/h10-11,14-15,18,20H,2-9,12-13,16-17H2,1H3/t18-,20-. The molecule has 0 aromatic heterocycles. The predicted octanol–water partition coefficient (Wildman–Crippen LogP) is 6.59. The molecule has 0 aliphatic heterocycles. The third-order valence-electron chi connectivity index (χ3n) is 5.44. The van der Waals surface area contributed by atoms with Crippen LogP contribution in [-0.2, 0) is 16.0 Å². The molecule has 140 valence electrons. The summed E-state index contributed by atoms with van der Waals surface area (Å²) in [7, 11) is 0. The molecule has 2 nitrogen and oxygen atoms in total. The second kappa shape index (κ2) is 11.6. The quantitative estimate of drug-likeness (QED) is 0.345. The van der Waals surface area contributed by atoms with Crippen molar-refractivity contribution in [3.05, 3.63) is 34.9 Å². The molecule has 0 N–H and O–H groups in total. The van der Waals surface area contributed by atoms with Gasteiger partial charge in [-0.1, -0.05) is 69.2 Å². The lowest BCUT2D eigenvalue weighted by atomic mass is 9.80. The molecule has 1 saturated carbocycles. The molecule has 0 bridgehead atoms. The summed E-state index contributed by atoms with van der Waals surface area (Å²) >= 11 is 5.88.